The maximum Gasteiger partial charge on any atom is 0.397 e. The molecule has 2 heterocycles. The lowest BCUT2D eigenvalue weighted by Crippen LogP contribution is -2.39. The molecule has 1 N–H and O–H groups in total. The molecule has 0 aliphatic carbocycles. The molecule has 1 fully saturated rings. The van der Waals surface area contributed by atoms with E-state index in [0.29, 0.717) is 28.3 Å². The summed E-state index contributed by atoms with van der Waals surface area (Å²) in [5, 5.41) is 2.62. The second kappa shape index (κ2) is 8.10. The average molecular weight is 402 g/mol. The summed E-state index contributed by atoms with van der Waals surface area (Å²) in [5.41, 5.74) is 0.864. The van der Waals surface area contributed by atoms with E-state index in [4.69, 9.17) is 4.74 Å². The highest BCUT2D eigenvalue weighted by Crippen LogP contribution is 2.33. The highest BCUT2D eigenvalue weighted by Gasteiger charge is 2.23. The number of fused-ring (bicyclic) bond motifs is 1. The minimum absolute atomic E-state index is 0.0947. The van der Waals surface area contributed by atoms with Crippen LogP contribution >= 0.6 is 0 Å². The number of aromatic nitrogens is 2. The van der Waals surface area contributed by atoms with Gasteiger partial charge in [-0.25, -0.2) is 4.79 Å². The zero-order valence-electron chi connectivity index (χ0n) is 17.2. The molecular weight excluding hydrogens is 376 g/mol. The fourth-order valence-corrected chi connectivity index (χ4v) is 3.59. The van der Waals surface area contributed by atoms with E-state index in [-0.39, 0.29) is 6.61 Å². The van der Waals surface area contributed by atoms with Crippen molar-refractivity contribution in [2.75, 3.05) is 29.9 Å². The Morgan fingerprint density at radius 3 is 2.17 bits per heavy atom. The normalized spacial score (nSPS) is 14.8. The Kier molecular flexibility index (Phi) is 5.76. The first-order valence-electron chi connectivity index (χ1n) is 9.71. The van der Waals surface area contributed by atoms with Crippen LogP contribution in [0.25, 0.3) is 11.0 Å². The molecule has 1 aliphatic heterocycles. The zero-order valence-corrected chi connectivity index (χ0v) is 17.2. The number of anilines is 2. The molecule has 0 spiro atoms. The molecule has 0 saturated carbocycles. The Bertz CT molecular complexity index is 1080. The van der Waals surface area contributed by atoms with Gasteiger partial charge in [0.1, 0.15) is 0 Å². The second-order valence-corrected chi connectivity index (χ2v) is 7.43. The lowest BCUT2D eigenvalue weighted by atomic mass is 9.98. The minimum atomic E-state index is -0.972. The molecule has 0 atom stereocenters. The van der Waals surface area contributed by atoms with Gasteiger partial charge in [-0.05, 0) is 37.8 Å². The van der Waals surface area contributed by atoms with Gasteiger partial charge in [-0.15, -0.1) is 0 Å². The Morgan fingerprint density at radius 2 is 1.62 bits per heavy atom. The SMILES string of the molecule is CCOC(=O)C(=O)Nc1cc2c(cc1N1CCC(C)CC1)n(C)c(=O)c(=O)n2C. The minimum Gasteiger partial charge on any atom is -0.459 e. The smallest absolute Gasteiger partial charge is 0.397 e. The van der Waals surface area contributed by atoms with Crippen molar-refractivity contribution in [1.29, 1.82) is 0 Å². The van der Waals surface area contributed by atoms with Gasteiger partial charge in [-0.2, -0.15) is 0 Å². The van der Waals surface area contributed by atoms with Gasteiger partial charge in [-0.1, -0.05) is 6.92 Å². The number of nitrogens with one attached hydrogen (secondary N) is 1. The summed E-state index contributed by atoms with van der Waals surface area (Å²) in [4.78, 5) is 50.7. The van der Waals surface area contributed by atoms with Crippen LogP contribution in [0.15, 0.2) is 21.7 Å². The zero-order chi connectivity index (χ0) is 21.3. The van der Waals surface area contributed by atoms with Crippen LogP contribution in [0.2, 0.25) is 0 Å². The fraction of sp³-hybridized carbons (Fsp3) is 0.500. The number of rotatable bonds is 3. The number of nitrogens with zero attached hydrogens (tertiary/aromatic N) is 3. The van der Waals surface area contributed by atoms with Crippen molar-refractivity contribution < 1.29 is 14.3 Å². The number of carbonyl (C=O) groups is 2. The number of hydrogen-bond donors (Lipinski definition) is 1. The van der Waals surface area contributed by atoms with Crippen LogP contribution in [0, 0.1) is 5.92 Å². The van der Waals surface area contributed by atoms with Crippen LogP contribution < -0.4 is 21.3 Å². The molecule has 2 aromatic rings. The van der Waals surface area contributed by atoms with Crippen LogP contribution in [0.4, 0.5) is 11.4 Å². The maximum atomic E-state index is 12.3. The summed E-state index contributed by atoms with van der Waals surface area (Å²) in [6, 6.07) is 3.41. The number of ether oxygens (including phenoxy) is 1. The van der Waals surface area contributed by atoms with Crippen molar-refractivity contribution in [3.63, 3.8) is 0 Å². The molecule has 0 radical (unpaired) electrons. The van der Waals surface area contributed by atoms with Gasteiger partial charge < -0.3 is 24.1 Å². The lowest BCUT2D eigenvalue weighted by Gasteiger charge is -2.33. The molecule has 0 bridgehead atoms. The van der Waals surface area contributed by atoms with Crippen LogP contribution in [0.1, 0.15) is 26.7 Å². The first-order chi connectivity index (χ1) is 13.7. The number of amides is 1. The van der Waals surface area contributed by atoms with Crippen molar-refractivity contribution in [2.45, 2.75) is 26.7 Å². The van der Waals surface area contributed by atoms with Crippen molar-refractivity contribution in [3.8, 4) is 0 Å². The van der Waals surface area contributed by atoms with Crippen molar-refractivity contribution >= 4 is 34.3 Å². The number of aryl methyl sites for hydroxylation is 2. The molecule has 9 nitrogen and oxygen atoms in total. The lowest BCUT2D eigenvalue weighted by molar-refractivity contribution is -0.152. The van der Waals surface area contributed by atoms with Gasteiger partial charge >= 0.3 is 23.0 Å². The molecule has 1 aromatic carbocycles. The summed E-state index contributed by atoms with van der Waals surface area (Å²) in [7, 11) is 3.05. The molecule has 1 aliphatic rings. The van der Waals surface area contributed by atoms with E-state index in [1.807, 2.05) is 0 Å². The summed E-state index contributed by atoms with van der Waals surface area (Å²) < 4.78 is 7.34. The molecule has 1 saturated heterocycles. The quantitative estimate of drug-likeness (QED) is 0.606. The third kappa shape index (κ3) is 3.90. The van der Waals surface area contributed by atoms with E-state index in [2.05, 4.69) is 17.1 Å². The third-order valence-corrected chi connectivity index (χ3v) is 5.44. The van der Waals surface area contributed by atoms with Crippen molar-refractivity contribution in [1.82, 2.24) is 9.13 Å². The fourth-order valence-electron chi connectivity index (χ4n) is 3.59. The van der Waals surface area contributed by atoms with Gasteiger partial charge in [0.2, 0.25) is 0 Å². The van der Waals surface area contributed by atoms with Gasteiger partial charge in [0.15, 0.2) is 0 Å². The van der Waals surface area contributed by atoms with E-state index >= 15 is 0 Å². The molecule has 1 aromatic heterocycles. The summed E-state index contributed by atoms with van der Waals surface area (Å²) >= 11 is 0. The molecule has 9 heteroatoms. The van der Waals surface area contributed by atoms with Crippen molar-refractivity contribution in [2.24, 2.45) is 20.0 Å². The highest BCUT2D eigenvalue weighted by molar-refractivity contribution is 6.37. The Hall–Kier alpha value is -3.10. The van der Waals surface area contributed by atoms with Gasteiger partial charge in [-0.3, -0.25) is 14.4 Å². The van der Waals surface area contributed by atoms with Gasteiger partial charge in [0.25, 0.3) is 0 Å². The molecular formula is C20H26N4O5. The number of benzene rings is 1. The Labute approximate surface area is 167 Å². The van der Waals surface area contributed by atoms with E-state index < -0.39 is 23.0 Å². The molecule has 3 rings (SSSR count). The largest absolute Gasteiger partial charge is 0.459 e. The summed E-state index contributed by atoms with van der Waals surface area (Å²) in [6.07, 6.45) is 1.99. The highest BCUT2D eigenvalue weighted by atomic mass is 16.5. The number of hydrogen-bond acceptors (Lipinski definition) is 6. The molecule has 29 heavy (non-hydrogen) atoms. The van der Waals surface area contributed by atoms with E-state index in [9.17, 15) is 19.2 Å². The second-order valence-electron chi connectivity index (χ2n) is 7.43. The average Bonchev–Trinajstić information content (AvgIpc) is 2.71. The monoisotopic (exact) mass is 402 g/mol. The molecule has 156 valence electrons. The molecule has 0 unspecified atom stereocenters. The number of esters is 1. The standard InChI is InChI=1S/C20H26N4O5/c1-5-29-20(28)17(25)21-13-10-15-16(23(4)19(27)18(26)22(15)3)11-14(13)24-8-6-12(2)7-9-24/h10-12H,5-9H2,1-4H3,(H,21,25). The number of carbonyl (C=O) groups excluding carboxylic acids is 2. The van der Waals surface area contributed by atoms with Crippen LogP contribution in [0.5, 0.6) is 0 Å². The van der Waals surface area contributed by atoms with Crippen LogP contribution in [0.3, 0.4) is 0 Å². The van der Waals surface area contributed by atoms with Crippen molar-refractivity contribution in [3.05, 3.63) is 32.8 Å². The predicted octanol–water partition coefficient (Wildman–Crippen LogP) is 0.975. The Balaban J connectivity index is 2.16. The molecule has 1 amide bonds. The van der Waals surface area contributed by atoms with E-state index in [1.54, 1.807) is 26.1 Å². The third-order valence-electron chi connectivity index (χ3n) is 5.44. The summed E-state index contributed by atoms with van der Waals surface area (Å²) in [5.74, 6) is -1.25. The first-order valence-corrected chi connectivity index (χ1v) is 9.71. The predicted molar refractivity (Wildman–Crippen MR) is 110 cm³/mol. The van der Waals surface area contributed by atoms with Gasteiger partial charge in [0, 0.05) is 27.2 Å². The maximum absolute atomic E-state index is 12.3. The van der Waals surface area contributed by atoms with E-state index in [1.165, 1.54) is 16.2 Å². The van der Waals surface area contributed by atoms with E-state index in [0.717, 1.165) is 25.9 Å². The number of piperidine rings is 1. The van der Waals surface area contributed by atoms with Crippen LogP contribution in [-0.2, 0) is 28.4 Å². The van der Waals surface area contributed by atoms with Crippen LogP contribution in [-0.4, -0.2) is 40.7 Å². The topological polar surface area (TPSA) is 103 Å². The first kappa shape index (κ1) is 20.6. The Morgan fingerprint density at radius 1 is 1.07 bits per heavy atom. The van der Waals surface area contributed by atoms with Gasteiger partial charge in [0.05, 0.1) is 29.0 Å². The summed E-state index contributed by atoms with van der Waals surface area (Å²) in [6.45, 7) is 5.49.